The van der Waals surface area contributed by atoms with E-state index in [0.717, 1.165) is 18.2 Å². The maximum absolute atomic E-state index is 15.5. The highest BCUT2D eigenvalue weighted by molar-refractivity contribution is 5.75. The number of rotatable bonds is 7. The monoisotopic (exact) mass is 464 g/mol. The van der Waals surface area contributed by atoms with Gasteiger partial charge in [-0.25, -0.2) is 18.0 Å². The third-order valence-corrected chi connectivity index (χ3v) is 6.10. The van der Waals surface area contributed by atoms with Gasteiger partial charge in [-0.1, -0.05) is 25.1 Å². The fraction of sp³-hybridized carbons (Fsp3) is 0.417. The molecule has 1 aliphatic heterocycles. The van der Waals surface area contributed by atoms with Crippen LogP contribution in [-0.4, -0.2) is 49.3 Å². The number of nitrogens with two attached hydrogens (primary N) is 1. The van der Waals surface area contributed by atoms with E-state index in [2.05, 4.69) is 0 Å². The van der Waals surface area contributed by atoms with Crippen LogP contribution in [0.3, 0.4) is 0 Å². The molecule has 178 valence electrons. The number of likely N-dealkylation sites (tertiary alicyclic amines) is 1. The first-order valence-electron chi connectivity index (χ1n) is 10.5. The zero-order chi connectivity index (χ0) is 24.3. The van der Waals surface area contributed by atoms with Crippen molar-refractivity contribution in [2.45, 2.75) is 38.8 Å². The molecule has 33 heavy (non-hydrogen) atoms. The number of ether oxygens (including phenoxy) is 2. The van der Waals surface area contributed by atoms with Crippen molar-refractivity contribution in [3.05, 3.63) is 59.4 Å². The maximum atomic E-state index is 15.5. The van der Waals surface area contributed by atoms with Crippen LogP contribution >= 0.6 is 0 Å². The lowest BCUT2D eigenvalue weighted by Gasteiger charge is -2.35. The molecule has 9 heteroatoms. The van der Waals surface area contributed by atoms with Crippen molar-refractivity contribution < 1.29 is 32.2 Å². The zero-order valence-corrected chi connectivity index (χ0v) is 18.7. The maximum Gasteiger partial charge on any atom is 0.410 e. The summed E-state index contributed by atoms with van der Waals surface area (Å²) in [5.41, 5.74) is 4.93. The molecule has 6 nitrogen and oxygen atoms in total. The molecule has 0 saturated carbocycles. The molecule has 2 amide bonds. The Hall–Kier alpha value is -3.07. The van der Waals surface area contributed by atoms with E-state index in [-0.39, 0.29) is 42.4 Å². The van der Waals surface area contributed by atoms with Crippen molar-refractivity contribution >= 4 is 12.0 Å². The van der Waals surface area contributed by atoms with Crippen LogP contribution in [-0.2, 0) is 20.7 Å². The Morgan fingerprint density at radius 2 is 1.85 bits per heavy atom. The smallest absolute Gasteiger partial charge is 0.410 e. The number of hydrogen-bond donors (Lipinski definition) is 1. The predicted molar refractivity (Wildman–Crippen MR) is 116 cm³/mol. The van der Waals surface area contributed by atoms with Gasteiger partial charge in [0.25, 0.3) is 0 Å². The fourth-order valence-corrected chi connectivity index (χ4v) is 4.73. The molecule has 1 fully saturated rings. The van der Waals surface area contributed by atoms with E-state index >= 15 is 4.39 Å². The number of nitrogens with zero attached hydrogens (tertiary/aromatic N) is 1. The molecule has 2 aromatic rings. The molecular weight excluding hydrogens is 437 g/mol. The van der Waals surface area contributed by atoms with E-state index in [1.165, 1.54) is 13.2 Å². The Morgan fingerprint density at radius 1 is 1.18 bits per heavy atom. The second-order valence-corrected chi connectivity index (χ2v) is 8.70. The van der Waals surface area contributed by atoms with Crippen molar-refractivity contribution in [1.82, 2.24) is 4.90 Å². The minimum atomic E-state index is -0.810. The molecule has 1 heterocycles. The molecule has 2 unspecified atom stereocenters. The number of hydrogen-bond acceptors (Lipinski definition) is 4. The van der Waals surface area contributed by atoms with Crippen molar-refractivity contribution in [3.63, 3.8) is 0 Å². The number of amides is 2. The molecule has 2 N–H and O–H groups in total. The minimum Gasteiger partial charge on any atom is -0.453 e. The number of methoxy groups -OCH3 is 1. The quantitative estimate of drug-likeness (QED) is 0.670. The highest BCUT2D eigenvalue weighted by Crippen LogP contribution is 2.43. The third kappa shape index (κ3) is 5.30. The molecule has 3 atom stereocenters. The molecular formula is C24H27F3N2O4. The van der Waals surface area contributed by atoms with Gasteiger partial charge in [0.2, 0.25) is 5.91 Å². The van der Waals surface area contributed by atoms with E-state index in [1.54, 1.807) is 17.0 Å². The van der Waals surface area contributed by atoms with Gasteiger partial charge in [-0.2, -0.15) is 0 Å². The highest BCUT2D eigenvalue weighted by Gasteiger charge is 2.50. The van der Waals surface area contributed by atoms with Crippen molar-refractivity contribution in [2.75, 3.05) is 20.3 Å². The lowest BCUT2D eigenvalue weighted by Crippen LogP contribution is -2.46. The first-order valence-corrected chi connectivity index (χ1v) is 10.5. The fourth-order valence-electron chi connectivity index (χ4n) is 4.73. The molecule has 0 radical (unpaired) electrons. The number of halogens is 3. The lowest BCUT2D eigenvalue weighted by atomic mass is 9.79. The third-order valence-electron chi connectivity index (χ3n) is 6.10. The van der Waals surface area contributed by atoms with Gasteiger partial charge < -0.3 is 20.1 Å². The summed E-state index contributed by atoms with van der Waals surface area (Å²) in [5.74, 6) is -2.87. The normalized spacial score (nSPS) is 22.4. The van der Waals surface area contributed by atoms with E-state index in [1.807, 2.05) is 13.8 Å². The largest absolute Gasteiger partial charge is 0.453 e. The van der Waals surface area contributed by atoms with Crippen molar-refractivity contribution in [1.29, 1.82) is 0 Å². The summed E-state index contributed by atoms with van der Waals surface area (Å²) in [6, 6.07) is 6.69. The zero-order valence-electron chi connectivity index (χ0n) is 18.7. The number of carbonyl (C=O) groups is 2. The predicted octanol–water partition coefficient (Wildman–Crippen LogP) is 4.05. The van der Waals surface area contributed by atoms with Gasteiger partial charge in [-0.15, -0.1) is 0 Å². The van der Waals surface area contributed by atoms with Gasteiger partial charge in [0.05, 0.1) is 13.7 Å². The number of carbonyl (C=O) groups excluding carboxylic acids is 2. The Kier molecular flexibility index (Phi) is 7.31. The molecule has 0 spiro atoms. The van der Waals surface area contributed by atoms with Crippen LogP contribution in [0, 0.1) is 22.9 Å². The van der Waals surface area contributed by atoms with E-state index in [4.69, 9.17) is 15.2 Å². The summed E-state index contributed by atoms with van der Waals surface area (Å²) in [6.45, 7) is 3.59. The standard InChI is InChI=1S/C24H27F3N2O4/c1-14-11-24(2,13-33-12-21(28)30)20(29(14)23(31)32-3)9-15-5-4-6-19(22(15)27)16-7-17(25)10-18(26)8-16/h4-8,10,14,20H,9,11-13H2,1-3H3,(H2,28,30)/t14?,20?,24-/m0/s1. The van der Waals surface area contributed by atoms with Crippen LogP contribution in [0.15, 0.2) is 36.4 Å². The van der Waals surface area contributed by atoms with Crippen LogP contribution in [0.5, 0.6) is 0 Å². The molecule has 0 aliphatic carbocycles. The van der Waals surface area contributed by atoms with Gasteiger partial charge in [0, 0.05) is 29.1 Å². The summed E-state index contributed by atoms with van der Waals surface area (Å²) in [5, 5.41) is 0. The molecule has 2 aromatic carbocycles. The molecule has 0 bridgehead atoms. The van der Waals surface area contributed by atoms with E-state index in [9.17, 15) is 18.4 Å². The van der Waals surface area contributed by atoms with E-state index < -0.39 is 40.9 Å². The van der Waals surface area contributed by atoms with E-state index in [0.29, 0.717) is 6.42 Å². The van der Waals surface area contributed by atoms with Crippen molar-refractivity contribution in [3.8, 4) is 11.1 Å². The lowest BCUT2D eigenvalue weighted by molar-refractivity contribution is -0.123. The molecule has 0 aromatic heterocycles. The summed E-state index contributed by atoms with van der Waals surface area (Å²) in [6.07, 6.45) is 0.0739. The van der Waals surface area contributed by atoms with Gasteiger partial charge in [-0.05, 0) is 43.0 Å². The Balaban J connectivity index is 1.98. The summed E-state index contributed by atoms with van der Waals surface area (Å²) < 4.78 is 53.4. The van der Waals surface area contributed by atoms with Crippen LogP contribution in [0.1, 0.15) is 25.8 Å². The second kappa shape index (κ2) is 9.82. The Labute approximate surface area is 190 Å². The average Bonchev–Trinajstić information content (AvgIpc) is 2.97. The van der Waals surface area contributed by atoms with Crippen molar-refractivity contribution in [2.24, 2.45) is 11.1 Å². The number of benzene rings is 2. The molecule has 3 rings (SSSR count). The SMILES string of the molecule is COC(=O)N1C(C)C[C@@](C)(COCC(N)=O)C1Cc1cccc(-c2cc(F)cc(F)c2)c1F. The first-order chi connectivity index (χ1) is 15.6. The molecule has 1 saturated heterocycles. The average molecular weight is 464 g/mol. The van der Waals surface area contributed by atoms with Crippen LogP contribution in [0.4, 0.5) is 18.0 Å². The Bertz CT molecular complexity index is 1030. The van der Waals surface area contributed by atoms with Gasteiger partial charge in [0.1, 0.15) is 24.1 Å². The van der Waals surface area contributed by atoms with Crippen LogP contribution < -0.4 is 5.73 Å². The highest BCUT2D eigenvalue weighted by atomic mass is 19.1. The minimum absolute atomic E-state index is 0.0493. The Morgan fingerprint density at radius 3 is 2.45 bits per heavy atom. The first kappa shape index (κ1) is 24.6. The van der Waals surface area contributed by atoms with Crippen LogP contribution in [0.2, 0.25) is 0 Å². The topological polar surface area (TPSA) is 81.9 Å². The van der Waals surface area contributed by atoms with Gasteiger partial charge in [-0.3, -0.25) is 4.79 Å². The van der Waals surface area contributed by atoms with Gasteiger partial charge in [0.15, 0.2) is 0 Å². The number of primary amides is 1. The van der Waals surface area contributed by atoms with Gasteiger partial charge >= 0.3 is 6.09 Å². The summed E-state index contributed by atoms with van der Waals surface area (Å²) >= 11 is 0. The van der Waals surface area contributed by atoms with Crippen LogP contribution in [0.25, 0.3) is 11.1 Å². The summed E-state index contributed by atoms with van der Waals surface area (Å²) in [7, 11) is 1.27. The molecule has 1 aliphatic rings. The summed E-state index contributed by atoms with van der Waals surface area (Å²) in [4.78, 5) is 25.2. The second-order valence-electron chi connectivity index (χ2n) is 8.70.